The lowest BCUT2D eigenvalue weighted by atomic mass is 10.1. The van der Waals surface area contributed by atoms with Crippen molar-refractivity contribution in [1.82, 2.24) is 4.98 Å². The molecule has 0 bridgehead atoms. The van der Waals surface area contributed by atoms with E-state index in [9.17, 15) is 13.2 Å². The molecule has 3 aromatic carbocycles. The number of anilines is 1. The van der Waals surface area contributed by atoms with Gasteiger partial charge in [0.25, 0.3) is 5.91 Å². The van der Waals surface area contributed by atoms with E-state index in [0.29, 0.717) is 27.5 Å². The van der Waals surface area contributed by atoms with E-state index in [1.54, 1.807) is 48.7 Å². The number of hydrogen-bond donors (Lipinski definition) is 1. The molecule has 0 spiro atoms. The topological polar surface area (TPSA) is 85.4 Å². The molecule has 5 rings (SSSR count). The Bertz CT molecular complexity index is 1360. The number of pyridine rings is 1. The first-order valence-corrected chi connectivity index (χ1v) is 9.61. The molecule has 0 aliphatic carbocycles. The van der Waals surface area contributed by atoms with E-state index >= 15 is 0 Å². The number of para-hydroxylation sites is 1. The van der Waals surface area contributed by atoms with Crippen molar-refractivity contribution in [3.05, 3.63) is 72.4 Å². The third-order valence-corrected chi connectivity index (χ3v) is 5.85. The number of carbonyl (C=O) groups excluding carboxylic acids is 1. The minimum Gasteiger partial charge on any atom is -0.377 e. The molecule has 4 aromatic rings. The number of amides is 1. The zero-order valence-corrected chi connectivity index (χ0v) is 14.7. The van der Waals surface area contributed by atoms with E-state index in [-0.39, 0.29) is 16.6 Å². The molecule has 0 saturated carbocycles. The van der Waals surface area contributed by atoms with Crippen molar-refractivity contribution in [2.24, 2.45) is 0 Å². The summed E-state index contributed by atoms with van der Waals surface area (Å²) in [5.41, 5.74) is 1.51. The predicted octanol–water partition coefficient (Wildman–Crippen LogP) is 3.72. The van der Waals surface area contributed by atoms with Crippen LogP contribution in [0.3, 0.4) is 0 Å². The fourth-order valence-corrected chi connectivity index (χ4v) is 4.52. The van der Waals surface area contributed by atoms with Gasteiger partial charge in [-0.05, 0) is 30.3 Å². The van der Waals surface area contributed by atoms with Gasteiger partial charge >= 0.3 is 10.1 Å². The van der Waals surface area contributed by atoms with Gasteiger partial charge in [0, 0.05) is 33.6 Å². The van der Waals surface area contributed by atoms with Crippen LogP contribution in [0.5, 0.6) is 5.75 Å². The van der Waals surface area contributed by atoms with Gasteiger partial charge in [0.05, 0.1) is 0 Å². The molecule has 1 aromatic heterocycles. The second-order valence-corrected chi connectivity index (χ2v) is 7.68. The fourth-order valence-electron chi connectivity index (χ4n) is 3.39. The Labute approximate surface area is 154 Å². The quantitative estimate of drug-likeness (QED) is 0.551. The molecule has 1 aliphatic rings. The summed E-state index contributed by atoms with van der Waals surface area (Å²) in [6.45, 7) is 0. The second-order valence-electron chi connectivity index (χ2n) is 6.16. The van der Waals surface area contributed by atoms with Crippen molar-refractivity contribution in [2.75, 3.05) is 5.32 Å². The van der Waals surface area contributed by atoms with E-state index in [4.69, 9.17) is 4.18 Å². The number of rotatable bonds is 3. The fraction of sp³-hybridized carbons (Fsp3) is 0. The summed E-state index contributed by atoms with van der Waals surface area (Å²) in [5.74, 6) is -0.0881. The molecule has 0 atom stereocenters. The van der Waals surface area contributed by atoms with Crippen molar-refractivity contribution in [2.45, 2.75) is 4.90 Å². The molecule has 0 radical (unpaired) electrons. The largest absolute Gasteiger partial charge is 0.377 e. The number of fused-ring (bicyclic) bond motifs is 1. The molecule has 6 nitrogen and oxygen atoms in total. The average molecular weight is 376 g/mol. The van der Waals surface area contributed by atoms with E-state index in [2.05, 4.69) is 10.3 Å². The third kappa shape index (κ3) is 2.36. The first kappa shape index (κ1) is 15.8. The monoisotopic (exact) mass is 376 g/mol. The van der Waals surface area contributed by atoms with Gasteiger partial charge in [0.15, 0.2) is 5.75 Å². The lowest BCUT2D eigenvalue weighted by Crippen LogP contribution is -2.11. The highest BCUT2D eigenvalue weighted by Gasteiger charge is 2.27. The van der Waals surface area contributed by atoms with E-state index < -0.39 is 10.1 Å². The molecule has 132 valence electrons. The van der Waals surface area contributed by atoms with Gasteiger partial charge in [-0.2, -0.15) is 8.42 Å². The van der Waals surface area contributed by atoms with Crippen molar-refractivity contribution < 1.29 is 17.4 Å². The van der Waals surface area contributed by atoms with Crippen molar-refractivity contribution in [3.8, 4) is 5.75 Å². The molecule has 0 saturated heterocycles. The van der Waals surface area contributed by atoms with Crippen molar-refractivity contribution in [1.29, 1.82) is 0 Å². The minimum atomic E-state index is -4.13. The van der Waals surface area contributed by atoms with Gasteiger partial charge < -0.3 is 9.50 Å². The summed E-state index contributed by atoms with van der Waals surface area (Å²) in [5, 5.41) is 4.54. The van der Waals surface area contributed by atoms with Crippen LogP contribution >= 0.6 is 0 Å². The summed E-state index contributed by atoms with van der Waals surface area (Å²) in [6.07, 6.45) is 1.58. The van der Waals surface area contributed by atoms with Crippen LogP contribution in [0.2, 0.25) is 0 Å². The molecule has 1 amide bonds. The number of benzene rings is 3. The Morgan fingerprint density at radius 2 is 1.74 bits per heavy atom. The minimum absolute atomic E-state index is 0.00698. The highest BCUT2D eigenvalue weighted by molar-refractivity contribution is 7.87. The number of carbonyl (C=O) groups is 1. The maximum Gasteiger partial charge on any atom is 0.339 e. The number of nitrogens with one attached hydrogen (secondary N) is 1. The van der Waals surface area contributed by atoms with Crippen LogP contribution in [0, 0.1) is 0 Å². The van der Waals surface area contributed by atoms with E-state index in [1.807, 2.05) is 12.1 Å². The molecule has 0 fully saturated rings. The molecule has 0 unspecified atom stereocenters. The second kappa shape index (κ2) is 5.52. The average Bonchev–Trinajstić information content (AvgIpc) is 2.99. The van der Waals surface area contributed by atoms with Crippen LogP contribution in [-0.4, -0.2) is 19.3 Å². The zero-order valence-electron chi connectivity index (χ0n) is 13.8. The Morgan fingerprint density at radius 1 is 0.926 bits per heavy atom. The van der Waals surface area contributed by atoms with Gasteiger partial charge in [0.1, 0.15) is 10.4 Å². The highest BCUT2D eigenvalue weighted by atomic mass is 32.2. The maximum atomic E-state index is 13.0. The smallest absolute Gasteiger partial charge is 0.339 e. The van der Waals surface area contributed by atoms with Crippen LogP contribution in [0.1, 0.15) is 10.4 Å². The lowest BCUT2D eigenvalue weighted by molar-refractivity contribution is 0.103. The standard InChI is InChI=1S/C20H12N2O4S/c23-20-14-7-2-6-13-17(10-9-15(22-20)18(13)14)27(24,25)26-16-8-1-4-12-5-3-11-21-19(12)16/h1-11H,(H,22,23). The van der Waals surface area contributed by atoms with Crippen molar-refractivity contribution >= 4 is 43.4 Å². The SMILES string of the molecule is O=C1Nc2ccc(S(=O)(=O)Oc3cccc4cccnc34)c3cccc1c23. The summed E-state index contributed by atoms with van der Waals surface area (Å²) in [7, 11) is -4.13. The molecule has 1 N–H and O–H groups in total. The first-order chi connectivity index (χ1) is 13.0. The van der Waals surface area contributed by atoms with Gasteiger partial charge in [-0.3, -0.25) is 9.78 Å². The van der Waals surface area contributed by atoms with Crippen LogP contribution in [0.25, 0.3) is 21.7 Å². The molecule has 2 heterocycles. The van der Waals surface area contributed by atoms with Crippen molar-refractivity contribution in [3.63, 3.8) is 0 Å². The van der Waals surface area contributed by atoms with E-state index in [1.165, 1.54) is 6.07 Å². The molecular weight excluding hydrogens is 364 g/mol. The summed E-state index contributed by atoms with van der Waals surface area (Å²) < 4.78 is 31.5. The van der Waals surface area contributed by atoms with Crippen LogP contribution in [-0.2, 0) is 10.1 Å². The van der Waals surface area contributed by atoms with Crippen LogP contribution in [0.4, 0.5) is 5.69 Å². The summed E-state index contributed by atoms with van der Waals surface area (Å²) in [4.78, 5) is 16.3. The highest BCUT2D eigenvalue weighted by Crippen LogP contribution is 2.37. The molecule has 27 heavy (non-hydrogen) atoms. The Balaban J connectivity index is 1.69. The van der Waals surface area contributed by atoms with Gasteiger partial charge in [-0.25, -0.2) is 0 Å². The normalized spacial score (nSPS) is 13.1. The third-order valence-electron chi connectivity index (χ3n) is 4.56. The van der Waals surface area contributed by atoms with Crippen LogP contribution < -0.4 is 9.50 Å². The first-order valence-electron chi connectivity index (χ1n) is 8.20. The summed E-state index contributed by atoms with van der Waals surface area (Å²) >= 11 is 0. The molecule has 1 aliphatic heterocycles. The number of hydrogen-bond acceptors (Lipinski definition) is 5. The predicted molar refractivity (Wildman–Crippen MR) is 101 cm³/mol. The number of aromatic nitrogens is 1. The Hall–Kier alpha value is -3.45. The Morgan fingerprint density at radius 3 is 2.63 bits per heavy atom. The lowest BCUT2D eigenvalue weighted by Gasteiger charge is -2.11. The van der Waals surface area contributed by atoms with E-state index in [0.717, 1.165) is 5.39 Å². The molecule has 7 heteroatoms. The Kier molecular flexibility index (Phi) is 3.23. The molecular formula is C20H12N2O4S. The van der Waals surface area contributed by atoms with Gasteiger partial charge in [-0.1, -0.05) is 30.3 Å². The number of nitrogens with zero attached hydrogens (tertiary/aromatic N) is 1. The van der Waals surface area contributed by atoms with Gasteiger partial charge in [-0.15, -0.1) is 0 Å². The van der Waals surface area contributed by atoms with Crippen LogP contribution in [0.15, 0.2) is 71.8 Å². The van der Waals surface area contributed by atoms with Gasteiger partial charge in [0.2, 0.25) is 0 Å². The zero-order chi connectivity index (χ0) is 18.6. The summed E-state index contributed by atoms with van der Waals surface area (Å²) in [6, 6.07) is 16.7. The maximum absolute atomic E-state index is 13.0.